The van der Waals surface area contributed by atoms with Crippen molar-refractivity contribution in [1.29, 1.82) is 0 Å². The van der Waals surface area contributed by atoms with Crippen molar-refractivity contribution < 1.29 is 0 Å². The second-order valence-corrected chi connectivity index (χ2v) is 8.18. The summed E-state index contributed by atoms with van der Waals surface area (Å²) in [6.45, 7) is 9.85. The van der Waals surface area contributed by atoms with Crippen LogP contribution in [-0.4, -0.2) is 22.0 Å². The van der Waals surface area contributed by atoms with Crippen LogP contribution in [0, 0.1) is 17.3 Å². The average molecular weight is 335 g/mol. The van der Waals surface area contributed by atoms with Crippen molar-refractivity contribution in [3.8, 4) is 0 Å². The van der Waals surface area contributed by atoms with Gasteiger partial charge in [-0.25, -0.2) is 0 Å². The lowest BCUT2D eigenvalue weighted by atomic mass is 9.67. The van der Waals surface area contributed by atoms with Gasteiger partial charge in [0.1, 0.15) is 0 Å². The minimum Gasteiger partial charge on any atom is -0.291 e. The molecule has 0 aromatic rings. The monoisotopic (exact) mass is 335 g/mol. The van der Waals surface area contributed by atoms with Crippen molar-refractivity contribution in [1.82, 2.24) is 4.90 Å². The topological polar surface area (TPSA) is 3.24 Å². The van der Waals surface area contributed by atoms with E-state index in [9.17, 15) is 0 Å². The number of likely N-dealkylation sites (tertiary alicyclic amines) is 1. The van der Waals surface area contributed by atoms with Gasteiger partial charge in [0.05, 0.1) is 4.05 Å². The zero-order chi connectivity index (χ0) is 11.8. The van der Waals surface area contributed by atoms with E-state index < -0.39 is 0 Å². The molecule has 1 saturated heterocycles. The highest BCUT2D eigenvalue weighted by atomic mass is 127. The van der Waals surface area contributed by atoms with Crippen LogP contribution in [0.15, 0.2) is 0 Å². The van der Waals surface area contributed by atoms with Crippen LogP contribution in [0.1, 0.15) is 52.9 Å². The van der Waals surface area contributed by atoms with Gasteiger partial charge in [0.2, 0.25) is 0 Å². The maximum absolute atomic E-state index is 2.68. The molecule has 1 unspecified atom stereocenters. The molecule has 1 aliphatic carbocycles. The zero-order valence-electron chi connectivity index (χ0n) is 11.0. The molecule has 2 rings (SSSR count). The molecular weight excluding hydrogens is 309 g/mol. The number of rotatable bonds is 2. The Bertz CT molecular complexity index is 229. The molecule has 94 valence electrons. The molecule has 1 heterocycles. The summed E-state index contributed by atoms with van der Waals surface area (Å²) in [5.41, 5.74) is 0.713. The molecule has 0 aromatic heterocycles. The maximum atomic E-state index is 2.68. The number of hydrogen-bond acceptors (Lipinski definition) is 1. The Labute approximate surface area is 114 Å². The van der Waals surface area contributed by atoms with Crippen molar-refractivity contribution >= 4 is 22.6 Å². The van der Waals surface area contributed by atoms with E-state index in [0.717, 1.165) is 15.9 Å². The van der Waals surface area contributed by atoms with Gasteiger partial charge in [-0.05, 0) is 62.8 Å². The highest BCUT2D eigenvalue weighted by molar-refractivity contribution is 14.1. The quantitative estimate of drug-likeness (QED) is 0.413. The first kappa shape index (κ1) is 13.1. The molecule has 0 aromatic carbocycles. The summed E-state index contributed by atoms with van der Waals surface area (Å²) in [5, 5.41) is 0. The normalized spacial score (nSPS) is 38.4. The predicted molar refractivity (Wildman–Crippen MR) is 78.9 cm³/mol. The van der Waals surface area contributed by atoms with Crippen LogP contribution in [-0.2, 0) is 0 Å². The molecule has 16 heavy (non-hydrogen) atoms. The van der Waals surface area contributed by atoms with Crippen molar-refractivity contribution in [3.05, 3.63) is 0 Å². The van der Waals surface area contributed by atoms with Crippen LogP contribution in [0.4, 0.5) is 0 Å². The lowest BCUT2D eigenvalue weighted by molar-refractivity contribution is 0.129. The van der Waals surface area contributed by atoms with Crippen molar-refractivity contribution in [2.45, 2.75) is 56.9 Å². The lowest BCUT2D eigenvalue weighted by Gasteiger charge is -2.39. The third-order valence-corrected chi connectivity index (χ3v) is 5.79. The molecule has 1 nitrogen and oxygen atoms in total. The smallest absolute Gasteiger partial charge is 0.0590 e. The SMILES string of the molecule is CC(C)C1CCC2(CC1)CCN(C(C)I)C2. The highest BCUT2D eigenvalue weighted by Gasteiger charge is 2.41. The Kier molecular flexibility index (Phi) is 4.21. The van der Waals surface area contributed by atoms with E-state index in [0.29, 0.717) is 5.41 Å². The predicted octanol–water partition coefficient (Wildman–Crippen LogP) is 4.31. The van der Waals surface area contributed by atoms with Crippen LogP contribution in [0.3, 0.4) is 0 Å². The minimum atomic E-state index is 0.713. The molecule has 0 bridgehead atoms. The van der Waals surface area contributed by atoms with Crippen LogP contribution >= 0.6 is 22.6 Å². The molecule has 2 aliphatic rings. The fourth-order valence-corrected chi connectivity index (χ4v) is 4.08. The summed E-state index contributed by atoms with van der Waals surface area (Å²) in [4.78, 5) is 2.68. The van der Waals surface area contributed by atoms with E-state index in [4.69, 9.17) is 0 Å². The van der Waals surface area contributed by atoms with Crippen LogP contribution in [0.5, 0.6) is 0 Å². The molecule has 2 fully saturated rings. The third-order valence-electron chi connectivity index (χ3n) is 5.00. The Hall–Kier alpha value is 0.690. The van der Waals surface area contributed by atoms with Gasteiger partial charge in [-0.15, -0.1) is 0 Å². The van der Waals surface area contributed by atoms with E-state index >= 15 is 0 Å². The summed E-state index contributed by atoms with van der Waals surface area (Å²) in [6.07, 6.45) is 7.43. The highest BCUT2D eigenvalue weighted by Crippen LogP contribution is 2.47. The van der Waals surface area contributed by atoms with Gasteiger partial charge in [0.15, 0.2) is 0 Å². The molecule has 2 heteroatoms. The molecule has 0 radical (unpaired) electrons. The van der Waals surface area contributed by atoms with Crippen LogP contribution in [0.2, 0.25) is 0 Å². The average Bonchev–Trinajstić information content (AvgIpc) is 2.63. The Morgan fingerprint density at radius 2 is 1.75 bits per heavy atom. The standard InChI is InChI=1S/C14H26IN/c1-11(2)13-4-6-14(7-5-13)8-9-16(10-14)12(3)15/h11-13H,4-10H2,1-3H3. The molecule has 0 N–H and O–H groups in total. The first-order valence-electron chi connectivity index (χ1n) is 6.90. The van der Waals surface area contributed by atoms with Gasteiger partial charge in [-0.2, -0.15) is 0 Å². The second-order valence-electron chi connectivity index (χ2n) is 6.38. The minimum absolute atomic E-state index is 0.713. The van der Waals surface area contributed by atoms with Gasteiger partial charge in [-0.1, -0.05) is 36.4 Å². The summed E-state index contributed by atoms with van der Waals surface area (Å²) in [5.74, 6) is 1.91. The zero-order valence-corrected chi connectivity index (χ0v) is 13.2. The van der Waals surface area contributed by atoms with Crippen LogP contribution in [0.25, 0.3) is 0 Å². The van der Waals surface area contributed by atoms with Crippen molar-refractivity contribution in [2.75, 3.05) is 13.1 Å². The van der Waals surface area contributed by atoms with Gasteiger partial charge >= 0.3 is 0 Å². The summed E-state index contributed by atoms with van der Waals surface area (Å²) < 4.78 is 0.722. The summed E-state index contributed by atoms with van der Waals surface area (Å²) in [7, 11) is 0. The molecule has 1 aliphatic heterocycles. The maximum Gasteiger partial charge on any atom is 0.0590 e. The largest absolute Gasteiger partial charge is 0.291 e. The van der Waals surface area contributed by atoms with Gasteiger partial charge in [0, 0.05) is 6.54 Å². The molecule has 1 atom stereocenters. The summed E-state index contributed by atoms with van der Waals surface area (Å²) in [6, 6.07) is 0. The first-order chi connectivity index (χ1) is 7.52. The van der Waals surface area contributed by atoms with Crippen LogP contribution < -0.4 is 0 Å². The fraction of sp³-hybridized carbons (Fsp3) is 1.00. The third kappa shape index (κ3) is 2.74. The first-order valence-corrected chi connectivity index (χ1v) is 8.15. The van der Waals surface area contributed by atoms with Crippen molar-refractivity contribution in [2.24, 2.45) is 17.3 Å². The fourth-order valence-electron chi connectivity index (χ4n) is 3.60. The number of halogens is 1. The number of alkyl halides is 1. The lowest BCUT2D eigenvalue weighted by Crippen LogP contribution is -2.34. The summed E-state index contributed by atoms with van der Waals surface area (Å²) >= 11 is 2.56. The Balaban J connectivity index is 1.89. The molecule has 1 saturated carbocycles. The van der Waals surface area contributed by atoms with E-state index in [1.165, 1.54) is 45.2 Å². The second kappa shape index (κ2) is 5.13. The van der Waals surface area contributed by atoms with Crippen molar-refractivity contribution in [3.63, 3.8) is 0 Å². The van der Waals surface area contributed by atoms with E-state index in [1.807, 2.05) is 0 Å². The van der Waals surface area contributed by atoms with Gasteiger partial charge in [-0.3, -0.25) is 4.90 Å². The Morgan fingerprint density at radius 3 is 2.19 bits per heavy atom. The molecule has 0 amide bonds. The number of hydrogen-bond donors (Lipinski definition) is 0. The number of nitrogens with zero attached hydrogens (tertiary/aromatic N) is 1. The molecular formula is C14H26IN. The van der Waals surface area contributed by atoms with E-state index in [-0.39, 0.29) is 0 Å². The van der Waals surface area contributed by atoms with Gasteiger partial charge in [0.25, 0.3) is 0 Å². The molecule has 1 spiro atoms. The van der Waals surface area contributed by atoms with Gasteiger partial charge < -0.3 is 0 Å². The Morgan fingerprint density at radius 1 is 1.12 bits per heavy atom. The van der Waals surface area contributed by atoms with E-state index in [1.54, 1.807) is 0 Å². The van der Waals surface area contributed by atoms with E-state index in [2.05, 4.69) is 48.3 Å².